The fourth-order valence-electron chi connectivity index (χ4n) is 1.90. The Morgan fingerprint density at radius 2 is 2.05 bits per heavy atom. The number of anilines is 1. The van der Waals surface area contributed by atoms with E-state index in [4.69, 9.17) is 11.6 Å². The molecule has 94 valence electrons. The smallest absolute Gasteiger partial charge is 0.115 e. The zero-order valence-electron chi connectivity index (χ0n) is 10.0. The van der Waals surface area contributed by atoms with E-state index >= 15 is 0 Å². The first-order chi connectivity index (χ1) is 9.33. The van der Waals surface area contributed by atoms with Gasteiger partial charge in [0.05, 0.1) is 23.4 Å². The standard InChI is InChI=1S/C14H11ClN4/c15-11-6-10-2-1-4-17-14(10)13(7-11)18-8-12-3-5-16-9-19-12/h1-7,9,18H,8H2. The van der Waals surface area contributed by atoms with Crippen LogP contribution in [0.4, 0.5) is 5.69 Å². The van der Waals surface area contributed by atoms with Gasteiger partial charge in [-0.2, -0.15) is 0 Å². The van der Waals surface area contributed by atoms with Crippen LogP contribution < -0.4 is 5.32 Å². The van der Waals surface area contributed by atoms with Crippen LogP contribution in [0.25, 0.3) is 10.9 Å². The van der Waals surface area contributed by atoms with Crippen molar-refractivity contribution < 1.29 is 0 Å². The SMILES string of the molecule is Clc1cc(NCc2ccncn2)c2ncccc2c1. The zero-order chi connectivity index (χ0) is 13.1. The second-order valence-electron chi connectivity index (χ2n) is 4.08. The molecular formula is C14H11ClN4. The number of rotatable bonds is 3. The molecule has 0 saturated heterocycles. The molecule has 19 heavy (non-hydrogen) atoms. The van der Waals surface area contributed by atoms with Gasteiger partial charge in [0.25, 0.3) is 0 Å². The molecule has 0 unspecified atom stereocenters. The maximum absolute atomic E-state index is 6.11. The molecule has 0 aliphatic rings. The number of hydrogen-bond donors (Lipinski definition) is 1. The number of halogens is 1. The summed E-state index contributed by atoms with van der Waals surface area (Å²) in [5.74, 6) is 0. The van der Waals surface area contributed by atoms with Crippen molar-refractivity contribution in [3.63, 3.8) is 0 Å². The van der Waals surface area contributed by atoms with Crippen molar-refractivity contribution in [2.45, 2.75) is 6.54 Å². The quantitative estimate of drug-likeness (QED) is 0.793. The van der Waals surface area contributed by atoms with Gasteiger partial charge < -0.3 is 5.32 Å². The molecule has 4 nitrogen and oxygen atoms in total. The minimum Gasteiger partial charge on any atom is -0.378 e. The normalized spacial score (nSPS) is 10.6. The summed E-state index contributed by atoms with van der Waals surface area (Å²) in [5, 5.41) is 5.01. The number of nitrogens with zero attached hydrogens (tertiary/aromatic N) is 3. The molecule has 0 atom stereocenters. The molecule has 0 aliphatic heterocycles. The van der Waals surface area contributed by atoms with Crippen molar-refractivity contribution >= 4 is 28.2 Å². The first-order valence-electron chi connectivity index (χ1n) is 5.86. The van der Waals surface area contributed by atoms with Crippen LogP contribution in [0.15, 0.2) is 49.1 Å². The van der Waals surface area contributed by atoms with Crippen LogP contribution in [0.2, 0.25) is 5.02 Å². The highest BCUT2D eigenvalue weighted by molar-refractivity contribution is 6.31. The first-order valence-corrected chi connectivity index (χ1v) is 6.24. The molecule has 3 rings (SSSR count). The lowest BCUT2D eigenvalue weighted by Crippen LogP contribution is -2.02. The average molecular weight is 271 g/mol. The second-order valence-corrected chi connectivity index (χ2v) is 4.52. The van der Waals surface area contributed by atoms with Gasteiger partial charge in [-0.25, -0.2) is 9.97 Å². The lowest BCUT2D eigenvalue weighted by Gasteiger charge is -2.09. The Morgan fingerprint density at radius 3 is 2.89 bits per heavy atom. The number of aromatic nitrogens is 3. The fraction of sp³-hybridized carbons (Fsp3) is 0.0714. The Morgan fingerprint density at radius 1 is 1.11 bits per heavy atom. The predicted octanol–water partition coefficient (Wildman–Crippen LogP) is 3.29. The molecule has 2 heterocycles. The van der Waals surface area contributed by atoms with Crippen LogP contribution in [0.1, 0.15) is 5.69 Å². The van der Waals surface area contributed by atoms with E-state index in [1.54, 1.807) is 12.4 Å². The van der Waals surface area contributed by atoms with Gasteiger partial charge in [0.2, 0.25) is 0 Å². The monoisotopic (exact) mass is 270 g/mol. The minimum atomic E-state index is 0.606. The van der Waals surface area contributed by atoms with Gasteiger partial charge in [0, 0.05) is 22.8 Å². The summed E-state index contributed by atoms with van der Waals surface area (Å²) in [4.78, 5) is 12.4. The highest BCUT2D eigenvalue weighted by atomic mass is 35.5. The van der Waals surface area contributed by atoms with Crippen molar-refractivity contribution in [1.29, 1.82) is 0 Å². The Hall–Kier alpha value is -2.20. The molecule has 1 N–H and O–H groups in total. The van der Waals surface area contributed by atoms with Gasteiger partial charge in [0.15, 0.2) is 0 Å². The number of nitrogens with one attached hydrogen (secondary N) is 1. The van der Waals surface area contributed by atoms with Gasteiger partial charge in [-0.05, 0) is 24.3 Å². The Bertz CT molecular complexity index is 700. The molecule has 0 saturated carbocycles. The average Bonchev–Trinajstić information content (AvgIpc) is 2.45. The zero-order valence-corrected chi connectivity index (χ0v) is 10.8. The summed E-state index contributed by atoms with van der Waals surface area (Å²) in [6, 6.07) is 9.53. The number of fused-ring (bicyclic) bond motifs is 1. The van der Waals surface area contributed by atoms with Crippen LogP contribution in [0.5, 0.6) is 0 Å². The van der Waals surface area contributed by atoms with E-state index in [1.807, 2.05) is 30.3 Å². The molecule has 0 bridgehead atoms. The van der Waals surface area contributed by atoms with Gasteiger partial charge in [0.1, 0.15) is 6.33 Å². The van der Waals surface area contributed by atoms with Crippen LogP contribution in [0.3, 0.4) is 0 Å². The second kappa shape index (κ2) is 5.20. The highest BCUT2D eigenvalue weighted by Crippen LogP contribution is 2.26. The summed E-state index contributed by atoms with van der Waals surface area (Å²) in [6.07, 6.45) is 5.02. The summed E-state index contributed by atoms with van der Waals surface area (Å²) in [7, 11) is 0. The van der Waals surface area contributed by atoms with E-state index in [0.717, 1.165) is 22.3 Å². The van der Waals surface area contributed by atoms with Crippen molar-refractivity contribution in [3.8, 4) is 0 Å². The third kappa shape index (κ3) is 2.63. The molecule has 0 amide bonds. The number of pyridine rings is 1. The van der Waals surface area contributed by atoms with Crippen molar-refractivity contribution in [2.24, 2.45) is 0 Å². The number of hydrogen-bond acceptors (Lipinski definition) is 4. The number of benzene rings is 1. The third-order valence-corrected chi connectivity index (χ3v) is 2.99. The van der Waals surface area contributed by atoms with Crippen molar-refractivity contribution in [3.05, 3.63) is 59.8 Å². The van der Waals surface area contributed by atoms with Crippen LogP contribution in [-0.2, 0) is 6.54 Å². The van der Waals surface area contributed by atoms with Gasteiger partial charge in [-0.15, -0.1) is 0 Å². The van der Waals surface area contributed by atoms with Crippen LogP contribution in [-0.4, -0.2) is 15.0 Å². The molecule has 0 fully saturated rings. The van der Waals surface area contributed by atoms with E-state index in [0.29, 0.717) is 11.6 Å². The van der Waals surface area contributed by atoms with E-state index < -0.39 is 0 Å². The minimum absolute atomic E-state index is 0.606. The molecular weight excluding hydrogens is 260 g/mol. The van der Waals surface area contributed by atoms with Gasteiger partial charge in [-0.3, -0.25) is 4.98 Å². The molecule has 5 heteroatoms. The maximum atomic E-state index is 6.11. The Balaban J connectivity index is 1.92. The fourth-order valence-corrected chi connectivity index (χ4v) is 2.13. The lowest BCUT2D eigenvalue weighted by atomic mass is 10.2. The third-order valence-electron chi connectivity index (χ3n) is 2.77. The summed E-state index contributed by atoms with van der Waals surface area (Å²) >= 11 is 6.11. The summed E-state index contributed by atoms with van der Waals surface area (Å²) in [6.45, 7) is 0.606. The van der Waals surface area contributed by atoms with Crippen molar-refractivity contribution in [1.82, 2.24) is 15.0 Å². The van der Waals surface area contributed by atoms with Crippen molar-refractivity contribution in [2.75, 3.05) is 5.32 Å². The van der Waals surface area contributed by atoms with E-state index in [9.17, 15) is 0 Å². The molecule has 2 aromatic heterocycles. The Kier molecular flexibility index (Phi) is 3.25. The summed E-state index contributed by atoms with van der Waals surface area (Å²) in [5.41, 5.74) is 2.72. The molecule has 1 aromatic carbocycles. The van der Waals surface area contributed by atoms with E-state index in [-0.39, 0.29) is 0 Å². The topological polar surface area (TPSA) is 50.7 Å². The Labute approximate surface area is 115 Å². The predicted molar refractivity (Wildman–Crippen MR) is 76.1 cm³/mol. The first kappa shape index (κ1) is 11.9. The van der Waals surface area contributed by atoms with Gasteiger partial charge in [-0.1, -0.05) is 17.7 Å². The van der Waals surface area contributed by atoms with Crippen LogP contribution in [0, 0.1) is 0 Å². The summed E-state index contributed by atoms with van der Waals surface area (Å²) < 4.78 is 0. The van der Waals surface area contributed by atoms with E-state index in [2.05, 4.69) is 20.3 Å². The largest absolute Gasteiger partial charge is 0.378 e. The highest BCUT2D eigenvalue weighted by Gasteiger charge is 2.04. The van der Waals surface area contributed by atoms with Crippen LogP contribution >= 0.6 is 11.6 Å². The maximum Gasteiger partial charge on any atom is 0.115 e. The molecule has 0 aliphatic carbocycles. The van der Waals surface area contributed by atoms with Gasteiger partial charge >= 0.3 is 0 Å². The van der Waals surface area contributed by atoms with E-state index in [1.165, 1.54) is 6.33 Å². The molecule has 0 radical (unpaired) electrons. The molecule has 0 spiro atoms. The lowest BCUT2D eigenvalue weighted by molar-refractivity contribution is 1.01. The molecule has 3 aromatic rings.